The van der Waals surface area contributed by atoms with Crippen molar-refractivity contribution in [3.8, 4) is 11.8 Å². The van der Waals surface area contributed by atoms with E-state index in [0.29, 0.717) is 0 Å². The van der Waals surface area contributed by atoms with E-state index in [4.69, 9.17) is 11.0 Å². The maximum absolute atomic E-state index is 13.1. The van der Waals surface area contributed by atoms with E-state index in [1.54, 1.807) is 6.07 Å². The number of phenols is 1. The van der Waals surface area contributed by atoms with Crippen molar-refractivity contribution in [2.75, 3.05) is 7.11 Å². The Kier molecular flexibility index (Phi) is 4.01. The van der Waals surface area contributed by atoms with Gasteiger partial charge < -0.3 is 15.6 Å². The van der Waals surface area contributed by atoms with Gasteiger partial charge in [-0.3, -0.25) is 4.79 Å². The Balaban J connectivity index is 3.16. The summed E-state index contributed by atoms with van der Waals surface area (Å²) < 4.78 is 17.6. The van der Waals surface area contributed by atoms with Crippen molar-refractivity contribution in [3.05, 3.63) is 29.1 Å². The van der Waals surface area contributed by atoms with Gasteiger partial charge in [-0.25, -0.2) is 4.39 Å². The molecule has 3 N–H and O–H groups in total. The van der Waals surface area contributed by atoms with Gasteiger partial charge in [0.1, 0.15) is 0 Å². The van der Waals surface area contributed by atoms with Crippen LogP contribution in [-0.2, 0) is 9.53 Å². The summed E-state index contributed by atoms with van der Waals surface area (Å²) in [6.45, 7) is 0. The molecule has 1 rings (SSSR count). The molecular formula is C11H11FN2O3. The number of rotatable bonds is 3. The molecule has 5 nitrogen and oxygen atoms in total. The van der Waals surface area contributed by atoms with E-state index < -0.39 is 23.6 Å². The highest BCUT2D eigenvalue weighted by Crippen LogP contribution is 2.30. The van der Waals surface area contributed by atoms with Gasteiger partial charge in [0, 0.05) is 11.6 Å². The lowest BCUT2D eigenvalue weighted by molar-refractivity contribution is -0.141. The van der Waals surface area contributed by atoms with E-state index in [2.05, 4.69) is 4.74 Å². The molecule has 0 aliphatic rings. The number of benzene rings is 1. The number of hydrogen-bond donors (Lipinski definition) is 2. The van der Waals surface area contributed by atoms with Gasteiger partial charge >= 0.3 is 5.97 Å². The number of nitrogens with two attached hydrogens (primary N) is 1. The van der Waals surface area contributed by atoms with Crippen molar-refractivity contribution in [3.63, 3.8) is 0 Å². The van der Waals surface area contributed by atoms with Crippen LogP contribution in [-0.4, -0.2) is 18.2 Å². The summed E-state index contributed by atoms with van der Waals surface area (Å²) in [6, 6.07) is 2.94. The molecule has 0 amide bonds. The fraction of sp³-hybridized carbons (Fsp3) is 0.273. The standard InChI is InChI=1S/C11H11FN2O3/c1-17-9(15)4-8(14)10-6(5-13)2-3-7(12)11(10)16/h2-3,8,16H,4,14H2,1H3/t8-/m0/s1. The van der Waals surface area contributed by atoms with Crippen LogP contribution in [0.2, 0.25) is 0 Å². The topological polar surface area (TPSA) is 96.3 Å². The summed E-state index contributed by atoms with van der Waals surface area (Å²) in [5.74, 6) is -2.20. The third-order valence-corrected chi connectivity index (χ3v) is 2.27. The summed E-state index contributed by atoms with van der Waals surface area (Å²) in [5, 5.41) is 18.3. The SMILES string of the molecule is COC(=O)C[C@H](N)c1c(C#N)ccc(F)c1O. The monoisotopic (exact) mass is 238 g/mol. The van der Waals surface area contributed by atoms with E-state index >= 15 is 0 Å². The second kappa shape index (κ2) is 5.27. The molecule has 0 saturated heterocycles. The number of carbonyl (C=O) groups excluding carboxylic acids is 1. The molecule has 0 spiro atoms. The molecule has 0 heterocycles. The molecule has 0 aliphatic heterocycles. The lowest BCUT2D eigenvalue weighted by Gasteiger charge is -2.14. The molecule has 0 saturated carbocycles. The number of ether oxygens (including phenoxy) is 1. The molecule has 1 atom stereocenters. The van der Waals surface area contributed by atoms with Crippen molar-refractivity contribution < 1.29 is 19.0 Å². The molecule has 1 aromatic rings. The fourth-order valence-corrected chi connectivity index (χ4v) is 1.42. The first-order valence-corrected chi connectivity index (χ1v) is 4.75. The number of aromatic hydroxyl groups is 1. The second-order valence-electron chi connectivity index (χ2n) is 3.36. The van der Waals surface area contributed by atoms with Crippen LogP contribution in [0.15, 0.2) is 12.1 Å². The van der Waals surface area contributed by atoms with E-state index in [1.807, 2.05) is 0 Å². The molecular weight excluding hydrogens is 227 g/mol. The van der Waals surface area contributed by atoms with Crippen molar-refractivity contribution in [1.29, 1.82) is 5.26 Å². The summed E-state index contributed by atoms with van der Waals surface area (Å²) >= 11 is 0. The van der Waals surface area contributed by atoms with Crippen LogP contribution in [0.1, 0.15) is 23.6 Å². The van der Waals surface area contributed by atoms with Crippen LogP contribution in [0.4, 0.5) is 4.39 Å². The van der Waals surface area contributed by atoms with Gasteiger partial charge in [-0.15, -0.1) is 0 Å². The van der Waals surface area contributed by atoms with E-state index in [-0.39, 0.29) is 17.5 Å². The van der Waals surface area contributed by atoms with Gasteiger partial charge in [-0.1, -0.05) is 0 Å². The molecule has 17 heavy (non-hydrogen) atoms. The highest BCUT2D eigenvalue weighted by molar-refractivity contribution is 5.70. The van der Waals surface area contributed by atoms with Gasteiger partial charge in [0.15, 0.2) is 11.6 Å². The van der Waals surface area contributed by atoms with Crippen LogP contribution in [0, 0.1) is 17.1 Å². The molecule has 0 fully saturated rings. The first kappa shape index (κ1) is 12.9. The molecule has 0 aromatic heterocycles. The van der Waals surface area contributed by atoms with Gasteiger partial charge in [-0.05, 0) is 12.1 Å². The van der Waals surface area contributed by atoms with Crippen molar-refractivity contribution in [1.82, 2.24) is 0 Å². The Morgan fingerprint density at radius 2 is 2.35 bits per heavy atom. The number of esters is 1. The zero-order chi connectivity index (χ0) is 13.0. The first-order valence-electron chi connectivity index (χ1n) is 4.75. The first-order chi connectivity index (χ1) is 8.01. The third kappa shape index (κ3) is 2.71. The van der Waals surface area contributed by atoms with Gasteiger partial charge in [0.2, 0.25) is 0 Å². The number of nitriles is 1. The van der Waals surface area contributed by atoms with Gasteiger partial charge in [0.25, 0.3) is 0 Å². The largest absolute Gasteiger partial charge is 0.505 e. The predicted octanol–water partition coefficient (Wildman–Crippen LogP) is 0.966. The molecule has 6 heteroatoms. The van der Waals surface area contributed by atoms with Gasteiger partial charge in [-0.2, -0.15) is 5.26 Å². The molecule has 0 bridgehead atoms. The Morgan fingerprint density at radius 3 is 2.88 bits per heavy atom. The number of methoxy groups -OCH3 is 1. The highest BCUT2D eigenvalue weighted by atomic mass is 19.1. The minimum absolute atomic E-state index is 0.0281. The van der Waals surface area contributed by atoms with Gasteiger partial charge in [0.05, 0.1) is 25.2 Å². The Hall–Kier alpha value is -2.13. The summed E-state index contributed by atoms with van der Waals surface area (Å²) in [4.78, 5) is 11.0. The maximum Gasteiger partial charge on any atom is 0.307 e. The number of hydrogen-bond acceptors (Lipinski definition) is 5. The van der Waals surface area contributed by atoms with Crippen molar-refractivity contribution in [2.45, 2.75) is 12.5 Å². The molecule has 90 valence electrons. The lowest BCUT2D eigenvalue weighted by Crippen LogP contribution is -2.18. The van der Waals surface area contributed by atoms with E-state index in [1.165, 1.54) is 13.2 Å². The minimum atomic E-state index is -0.993. The van der Waals surface area contributed by atoms with Crippen LogP contribution in [0.25, 0.3) is 0 Å². The Bertz CT molecular complexity index is 482. The quantitative estimate of drug-likeness (QED) is 0.764. The zero-order valence-corrected chi connectivity index (χ0v) is 9.11. The second-order valence-corrected chi connectivity index (χ2v) is 3.36. The third-order valence-electron chi connectivity index (χ3n) is 2.27. The number of nitrogens with zero attached hydrogens (tertiary/aromatic N) is 1. The highest BCUT2D eigenvalue weighted by Gasteiger charge is 2.21. The fourth-order valence-electron chi connectivity index (χ4n) is 1.42. The normalized spacial score (nSPS) is 11.6. The smallest absolute Gasteiger partial charge is 0.307 e. The van der Waals surface area contributed by atoms with Crippen LogP contribution in [0.3, 0.4) is 0 Å². The van der Waals surface area contributed by atoms with E-state index in [9.17, 15) is 14.3 Å². The lowest BCUT2D eigenvalue weighted by atomic mass is 9.98. The maximum atomic E-state index is 13.1. The molecule has 0 unspecified atom stereocenters. The average molecular weight is 238 g/mol. The Labute approximate surface area is 97.2 Å². The molecule has 0 aliphatic carbocycles. The number of halogens is 1. The summed E-state index contributed by atoms with van der Waals surface area (Å²) in [7, 11) is 1.19. The van der Waals surface area contributed by atoms with E-state index in [0.717, 1.165) is 6.07 Å². The number of carbonyl (C=O) groups is 1. The minimum Gasteiger partial charge on any atom is -0.505 e. The average Bonchev–Trinajstić information content (AvgIpc) is 2.31. The van der Waals surface area contributed by atoms with Crippen LogP contribution in [0.5, 0.6) is 5.75 Å². The summed E-state index contributed by atoms with van der Waals surface area (Å²) in [5.41, 5.74) is 5.58. The number of phenolic OH excluding ortho intramolecular Hbond substituents is 1. The predicted molar refractivity (Wildman–Crippen MR) is 56.3 cm³/mol. The molecule has 0 radical (unpaired) electrons. The van der Waals surface area contributed by atoms with Crippen LogP contribution >= 0.6 is 0 Å². The summed E-state index contributed by atoms with van der Waals surface area (Å²) in [6.07, 6.45) is -0.248. The van der Waals surface area contributed by atoms with Crippen molar-refractivity contribution >= 4 is 5.97 Å². The molecule has 1 aromatic carbocycles. The zero-order valence-electron chi connectivity index (χ0n) is 9.11. The van der Waals surface area contributed by atoms with Crippen molar-refractivity contribution in [2.24, 2.45) is 5.73 Å². The van der Waals surface area contributed by atoms with Crippen LogP contribution < -0.4 is 5.73 Å². The Morgan fingerprint density at radius 1 is 1.71 bits per heavy atom.